The molecule has 208 valence electrons. The Labute approximate surface area is 230 Å². The van der Waals surface area contributed by atoms with Gasteiger partial charge in [-0.25, -0.2) is 9.78 Å². The number of ether oxygens (including phenoxy) is 3. The molecule has 0 bridgehead atoms. The second-order valence-electron chi connectivity index (χ2n) is 12.1. The predicted molar refractivity (Wildman–Crippen MR) is 151 cm³/mol. The van der Waals surface area contributed by atoms with Crippen LogP contribution in [-0.2, 0) is 27.2 Å². The number of aromatic nitrogens is 2. The number of nitrogens with zero attached hydrogens (tertiary/aromatic N) is 3. The summed E-state index contributed by atoms with van der Waals surface area (Å²) < 4.78 is 17.6. The fourth-order valence-corrected chi connectivity index (χ4v) is 6.34. The van der Waals surface area contributed by atoms with E-state index in [1.807, 2.05) is 38.1 Å². The Hall–Kier alpha value is -2.94. The van der Waals surface area contributed by atoms with Crippen molar-refractivity contribution in [2.75, 3.05) is 39.5 Å². The highest BCUT2D eigenvalue weighted by Gasteiger charge is 2.37. The molecule has 39 heavy (non-hydrogen) atoms. The van der Waals surface area contributed by atoms with Gasteiger partial charge in [-0.1, -0.05) is 12.1 Å². The van der Waals surface area contributed by atoms with E-state index in [1.165, 1.54) is 22.3 Å². The smallest absolute Gasteiger partial charge is 0.410 e. The number of pyridine rings is 1. The van der Waals surface area contributed by atoms with E-state index in [0.717, 1.165) is 67.7 Å². The lowest BCUT2D eigenvalue weighted by molar-refractivity contribution is -0.0335. The van der Waals surface area contributed by atoms with Crippen molar-refractivity contribution in [1.82, 2.24) is 19.8 Å². The number of carbonyl (C=O) groups excluding carboxylic acids is 1. The summed E-state index contributed by atoms with van der Waals surface area (Å²) in [6, 6.07) is 7.01. The van der Waals surface area contributed by atoms with Gasteiger partial charge in [-0.05, 0) is 80.8 Å². The molecule has 2 saturated heterocycles. The predicted octanol–water partition coefficient (Wildman–Crippen LogP) is 5.38. The van der Waals surface area contributed by atoms with Gasteiger partial charge in [-0.15, -0.1) is 0 Å². The van der Waals surface area contributed by atoms with Crippen LogP contribution in [0.3, 0.4) is 0 Å². The van der Waals surface area contributed by atoms with Crippen molar-refractivity contribution in [3.05, 3.63) is 52.8 Å². The lowest BCUT2D eigenvalue weighted by Crippen LogP contribution is -2.47. The third-order valence-corrected chi connectivity index (χ3v) is 8.33. The van der Waals surface area contributed by atoms with E-state index in [1.54, 1.807) is 0 Å². The number of aromatic amines is 1. The summed E-state index contributed by atoms with van der Waals surface area (Å²) in [5, 5.41) is 1.11. The van der Waals surface area contributed by atoms with E-state index in [-0.39, 0.29) is 12.1 Å². The standard InChI is InChI=1S/C31H40N4O4/c1-20-16-32-29-25(20)15-22(17-33-29)24-6-5-21-7-10-34(23-8-12-37-13-9-23)18-26(21)28(24)27-19-38-14-11-35(27)30(36)39-31(2,3)4/h5-6,15-17,23,27H,7-14,18-19H2,1-4H3,(H,32,33)/t27-/m0/s1. The molecule has 6 rings (SSSR count). The largest absolute Gasteiger partial charge is 0.444 e. The maximum absolute atomic E-state index is 13.5. The van der Waals surface area contributed by atoms with Crippen LogP contribution in [0.15, 0.2) is 30.6 Å². The molecule has 3 aliphatic rings. The number of H-pyrrole nitrogens is 1. The molecule has 1 aromatic carbocycles. The molecule has 0 aliphatic carbocycles. The number of hydrogen-bond donors (Lipinski definition) is 1. The van der Waals surface area contributed by atoms with Crippen LogP contribution in [0.5, 0.6) is 0 Å². The Morgan fingerprint density at radius 3 is 2.74 bits per heavy atom. The van der Waals surface area contributed by atoms with Crippen LogP contribution in [-0.4, -0.2) is 77.0 Å². The van der Waals surface area contributed by atoms with Gasteiger partial charge < -0.3 is 19.2 Å². The van der Waals surface area contributed by atoms with E-state index in [9.17, 15) is 4.79 Å². The summed E-state index contributed by atoms with van der Waals surface area (Å²) in [7, 11) is 0. The van der Waals surface area contributed by atoms with Gasteiger partial charge in [0, 0.05) is 62.2 Å². The maximum Gasteiger partial charge on any atom is 0.410 e. The minimum Gasteiger partial charge on any atom is -0.444 e. The number of carbonyl (C=O) groups is 1. The van der Waals surface area contributed by atoms with Crippen LogP contribution in [0.1, 0.15) is 61.9 Å². The molecule has 8 nitrogen and oxygen atoms in total. The Kier molecular flexibility index (Phi) is 7.12. The first-order valence-corrected chi connectivity index (χ1v) is 14.3. The van der Waals surface area contributed by atoms with E-state index >= 15 is 0 Å². The Morgan fingerprint density at radius 2 is 1.95 bits per heavy atom. The second kappa shape index (κ2) is 10.6. The van der Waals surface area contributed by atoms with E-state index < -0.39 is 5.60 Å². The average molecular weight is 533 g/mol. The maximum atomic E-state index is 13.5. The first-order valence-electron chi connectivity index (χ1n) is 14.3. The van der Waals surface area contributed by atoms with Gasteiger partial charge in [0.2, 0.25) is 0 Å². The zero-order valence-electron chi connectivity index (χ0n) is 23.6. The minimum absolute atomic E-state index is 0.240. The first-order chi connectivity index (χ1) is 18.8. The SMILES string of the molecule is Cc1c[nH]c2ncc(-c3ccc4c(c3[C@@H]3COCCN3C(=O)OC(C)(C)C)CN(C3CCOCC3)CC4)cc12. The summed E-state index contributed by atoms with van der Waals surface area (Å²) in [6.45, 7) is 12.9. The van der Waals surface area contributed by atoms with Crippen LogP contribution in [0.2, 0.25) is 0 Å². The van der Waals surface area contributed by atoms with Gasteiger partial charge in [-0.3, -0.25) is 9.80 Å². The summed E-state index contributed by atoms with van der Waals surface area (Å²) in [4.78, 5) is 26.0. The first kappa shape index (κ1) is 26.3. The van der Waals surface area contributed by atoms with Crippen LogP contribution >= 0.6 is 0 Å². The van der Waals surface area contributed by atoms with Gasteiger partial charge >= 0.3 is 6.09 Å². The number of hydrogen-bond acceptors (Lipinski definition) is 6. The molecule has 3 aliphatic heterocycles. The van der Waals surface area contributed by atoms with Gasteiger partial charge in [0.05, 0.1) is 19.3 Å². The molecule has 1 atom stereocenters. The fraction of sp³-hybridized carbons (Fsp3) is 0.548. The van der Waals surface area contributed by atoms with Gasteiger partial charge in [-0.2, -0.15) is 0 Å². The molecule has 2 fully saturated rings. The average Bonchev–Trinajstić information content (AvgIpc) is 3.31. The van der Waals surface area contributed by atoms with Gasteiger partial charge in [0.1, 0.15) is 11.2 Å². The highest BCUT2D eigenvalue weighted by atomic mass is 16.6. The fourth-order valence-electron chi connectivity index (χ4n) is 6.34. The van der Waals surface area contributed by atoms with Gasteiger partial charge in [0.15, 0.2) is 0 Å². The highest BCUT2D eigenvalue weighted by Crippen LogP contribution is 2.41. The molecular formula is C31H40N4O4. The van der Waals surface area contributed by atoms with Crippen LogP contribution in [0.4, 0.5) is 4.79 Å². The van der Waals surface area contributed by atoms with Crippen molar-refractivity contribution in [2.24, 2.45) is 0 Å². The van der Waals surface area contributed by atoms with Crippen LogP contribution in [0, 0.1) is 6.92 Å². The number of benzene rings is 1. The van der Waals surface area contributed by atoms with Crippen LogP contribution in [0.25, 0.3) is 22.2 Å². The second-order valence-corrected chi connectivity index (χ2v) is 12.1. The van der Waals surface area contributed by atoms with E-state index in [2.05, 4.69) is 35.0 Å². The molecule has 8 heteroatoms. The summed E-state index contributed by atoms with van der Waals surface area (Å²) in [6.07, 6.45) is 6.78. The Morgan fingerprint density at radius 1 is 1.13 bits per heavy atom. The van der Waals surface area contributed by atoms with Crippen molar-refractivity contribution in [1.29, 1.82) is 0 Å². The molecular weight excluding hydrogens is 492 g/mol. The molecule has 0 spiro atoms. The summed E-state index contributed by atoms with van der Waals surface area (Å²) in [5.41, 5.74) is 7.50. The third kappa shape index (κ3) is 5.30. The number of aryl methyl sites for hydroxylation is 1. The number of fused-ring (bicyclic) bond motifs is 2. The minimum atomic E-state index is -0.570. The van der Waals surface area contributed by atoms with Crippen molar-refractivity contribution < 1.29 is 19.0 Å². The van der Waals surface area contributed by atoms with Crippen molar-refractivity contribution in [3.63, 3.8) is 0 Å². The number of morpholine rings is 1. The Bertz CT molecular complexity index is 1350. The van der Waals surface area contributed by atoms with Crippen molar-refractivity contribution >= 4 is 17.1 Å². The monoisotopic (exact) mass is 532 g/mol. The van der Waals surface area contributed by atoms with E-state index in [4.69, 9.17) is 19.2 Å². The topological polar surface area (TPSA) is 79.9 Å². The Balaban J connectivity index is 1.47. The molecule has 2 aromatic heterocycles. The quantitative estimate of drug-likeness (QED) is 0.488. The lowest BCUT2D eigenvalue weighted by atomic mass is 9.84. The van der Waals surface area contributed by atoms with Crippen molar-refractivity contribution in [3.8, 4) is 11.1 Å². The summed E-state index contributed by atoms with van der Waals surface area (Å²) >= 11 is 0. The normalized spacial score (nSPS) is 21.2. The zero-order chi connectivity index (χ0) is 27.1. The zero-order valence-corrected chi connectivity index (χ0v) is 23.6. The highest BCUT2D eigenvalue weighted by molar-refractivity contribution is 5.85. The third-order valence-electron chi connectivity index (χ3n) is 8.33. The van der Waals surface area contributed by atoms with Crippen molar-refractivity contribution in [2.45, 2.75) is 71.2 Å². The number of amides is 1. The molecule has 3 aromatic rings. The molecule has 5 heterocycles. The molecule has 1 N–H and O–H groups in total. The molecule has 0 unspecified atom stereocenters. The van der Waals surface area contributed by atoms with Gasteiger partial charge in [0.25, 0.3) is 0 Å². The number of nitrogens with one attached hydrogen (secondary N) is 1. The molecule has 1 amide bonds. The lowest BCUT2D eigenvalue weighted by Gasteiger charge is -2.42. The van der Waals surface area contributed by atoms with E-state index in [0.29, 0.717) is 25.8 Å². The van der Waals surface area contributed by atoms with Crippen LogP contribution < -0.4 is 0 Å². The summed E-state index contributed by atoms with van der Waals surface area (Å²) in [5.74, 6) is 0. The molecule has 0 radical (unpaired) electrons. The number of rotatable bonds is 3. The molecule has 0 saturated carbocycles.